The summed E-state index contributed by atoms with van der Waals surface area (Å²) in [5, 5.41) is 9.82. The maximum atomic E-state index is 9.82. The van der Waals surface area contributed by atoms with E-state index >= 15 is 0 Å². The lowest BCUT2D eigenvalue weighted by Gasteiger charge is -2.35. The van der Waals surface area contributed by atoms with Crippen LogP contribution < -0.4 is 0 Å². The molecule has 0 saturated heterocycles. The zero-order valence-corrected chi connectivity index (χ0v) is 15.6. The Morgan fingerprint density at radius 1 is 1.04 bits per heavy atom. The molecule has 0 aliphatic heterocycles. The lowest BCUT2D eigenvalue weighted by molar-refractivity contribution is 0.260. The van der Waals surface area contributed by atoms with Crippen molar-refractivity contribution in [3.8, 4) is 6.07 Å². The second-order valence-corrected chi connectivity index (χ2v) is 7.48. The lowest BCUT2D eigenvalue weighted by atomic mass is 9.67. The summed E-state index contributed by atoms with van der Waals surface area (Å²) in [5.74, 6) is 1.71. The predicted octanol–water partition coefficient (Wildman–Crippen LogP) is 5.74. The molecule has 1 saturated carbocycles. The normalized spacial score (nSPS) is 23.8. The van der Waals surface area contributed by atoms with Gasteiger partial charge in [-0.25, -0.2) is 9.97 Å². The number of aryl methyl sites for hydroxylation is 1. The van der Waals surface area contributed by atoms with E-state index in [4.69, 9.17) is 0 Å². The van der Waals surface area contributed by atoms with Crippen LogP contribution in [0.15, 0.2) is 12.4 Å². The Labute approximate surface area is 147 Å². The van der Waals surface area contributed by atoms with E-state index in [-0.39, 0.29) is 5.41 Å². The predicted molar refractivity (Wildman–Crippen MR) is 98.7 cm³/mol. The first-order valence-electron chi connectivity index (χ1n) is 9.96. The van der Waals surface area contributed by atoms with Gasteiger partial charge in [0, 0.05) is 24.4 Å². The molecule has 0 N–H and O–H groups in total. The highest BCUT2D eigenvalue weighted by molar-refractivity contribution is 5.29. The molecule has 3 heteroatoms. The van der Waals surface area contributed by atoms with Crippen LogP contribution in [-0.2, 0) is 11.8 Å². The van der Waals surface area contributed by atoms with Crippen LogP contribution in [0.5, 0.6) is 0 Å². The Morgan fingerprint density at radius 3 is 2.29 bits per heavy atom. The smallest absolute Gasteiger partial charge is 0.128 e. The number of unbranched alkanes of at least 4 members (excludes halogenated alkanes) is 4. The molecular weight excluding hydrogens is 294 g/mol. The average Bonchev–Trinajstić information content (AvgIpc) is 2.63. The second-order valence-electron chi connectivity index (χ2n) is 7.48. The molecule has 0 spiro atoms. The van der Waals surface area contributed by atoms with Gasteiger partial charge in [0.25, 0.3) is 0 Å². The minimum atomic E-state index is -0.344. The minimum absolute atomic E-state index is 0.344. The fourth-order valence-corrected chi connectivity index (χ4v) is 3.92. The van der Waals surface area contributed by atoms with Gasteiger partial charge in [-0.05, 0) is 38.0 Å². The van der Waals surface area contributed by atoms with Gasteiger partial charge >= 0.3 is 0 Å². The Hall–Kier alpha value is -1.43. The van der Waals surface area contributed by atoms with Gasteiger partial charge < -0.3 is 0 Å². The van der Waals surface area contributed by atoms with Crippen LogP contribution in [0.4, 0.5) is 0 Å². The molecule has 1 aliphatic carbocycles. The standard InChI is InChI=1S/C21H33N3/c1-3-5-6-7-8-10-18-11-13-21(17-22,14-12-18)19-15-23-20(9-4-2)24-16-19/h15-16,18H,3-14H2,1-2H3. The summed E-state index contributed by atoms with van der Waals surface area (Å²) in [6.07, 6.45) is 18.2. The Balaban J connectivity index is 1.86. The van der Waals surface area contributed by atoms with Gasteiger partial charge in [0.2, 0.25) is 0 Å². The van der Waals surface area contributed by atoms with Crippen LogP contribution in [0, 0.1) is 17.2 Å². The van der Waals surface area contributed by atoms with E-state index in [9.17, 15) is 5.26 Å². The van der Waals surface area contributed by atoms with Gasteiger partial charge in [-0.2, -0.15) is 5.26 Å². The quantitative estimate of drug-likeness (QED) is 0.543. The summed E-state index contributed by atoms with van der Waals surface area (Å²) in [6.45, 7) is 4.40. The molecule has 0 unspecified atom stereocenters. The van der Waals surface area contributed by atoms with Crippen molar-refractivity contribution in [3.63, 3.8) is 0 Å². The molecule has 0 aromatic carbocycles. The maximum Gasteiger partial charge on any atom is 0.128 e. The molecule has 0 radical (unpaired) electrons. The van der Waals surface area contributed by atoms with Gasteiger partial charge in [0.1, 0.15) is 5.82 Å². The van der Waals surface area contributed by atoms with E-state index in [2.05, 4.69) is 29.9 Å². The van der Waals surface area contributed by atoms with Crippen molar-refractivity contribution in [3.05, 3.63) is 23.8 Å². The molecule has 0 atom stereocenters. The van der Waals surface area contributed by atoms with Gasteiger partial charge in [0.05, 0.1) is 11.5 Å². The highest BCUT2D eigenvalue weighted by atomic mass is 14.9. The molecule has 132 valence electrons. The van der Waals surface area contributed by atoms with E-state index in [1.165, 1.54) is 51.4 Å². The Bertz CT molecular complexity index is 507. The number of nitrogens with zero attached hydrogens (tertiary/aromatic N) is 3. The van der Waals surface area contributed by atoms with Crippen LogP contribution in [0.2, 0.25) is 0 Å². The molecule has 24 heavy (non-hydrogen) atoms. The molecule has 1 aromatic rings. The summed E-state index contributed by atoms with van der Waals surface area (Å²) in [6, 6.07) is 2.61. The number of aromatic nitrogens is 2. The minimum Gasteiger partial charge on any atom is -0.241 e. The average molecular weight is 328 g/mol. The third-order valence-corrected chi connectivity index (χ3v) is 5.62. The number of hydrogen-bond acceptors (Lipinski definition) is 3. The van der Waals surface area contributed by atoms with E-state index in [1.54, 1.807) is 0 Å². The highest BCUT2D eigenvalue weighted by Crippen LogP contribution is 2.42. The SMILES string of the molecule is CCCCCCCC1CCC(C#N)(c2cnc(CCC)nc2)CC1. The monoisotopic (exact) mass is 327 g/mol. The molecule has 1 heterocycles. The first-order chi connectivity index (χ1) is 11.7. The summed E-state index contributed by atoms with van der Waals surface area (Å²) in [5.41, 5.74) is 0.690. The number of nitriles is 1. The van der Waals surface area contributed by atoms with E-state index in [1.807, 2.05) is 12.4 Å². The van der Waals surface area contributed by atoms with E-state index < -0.39 is 0 Å². The van der Waals surface area contributed by atoms with E-state index in [0.29, 0.717) is 0 Å². The van der Waals surface area contributed by atoms with Crippen LogP contribution >= 0.6 is 0 Å². The fraction of sp³-hybridized carbons (Fsp3) is 0.762. The fourth-order valence-electron chi connectivity index (χ4n) is 3.92. The zero-order chi connectivity index (χ0) is 17.3. The van der Waals surface area contributed by atoms with Crippen LogP contribution in [0.1, 0.15) is 95.9 Å². The van der Waals surface area contributed by atoms with Crippen molar-refractivity contribution < 1.29 is 0 Å². The topological polar surface area (TPSA) is 49.6 Å². The first kappa shape index (κ1) is 18.9. The largest absolute Gasteiger partial charge is 0.241 e. The van der Waals surface area contributed by atoms with Gasteiger partial charge in [0.15, 0.2) is 0 Å². The highest BCUT2D eigenvalue weighted by Gasteiger charge is 2.37. The Morgan fingerprint density at radius 2 is 1.71 bits per heavy atom. The molecule has 0 bridgehead atoms. The van der Waals surface area contributed by atoms with Gasteiger partial charge in [-0.15, -0.1) is 0 Å². The molecule has 3 nitrogen and oxygen atoms in total. The number of rotatable bonds is 9. The summed E-state index contributed by atoms with van der Waals surface area (Å²) >= 11 is 0. The van der Waals surface area contributed by atoms with Crippen molar-refractivity contribution in [1.82, 2.24) is 9.97 Å². The lowest BCUT2D eigenvalue weighted by Crippen LogP contribution is -2.30. The van der Waals surface area contributed by atoms with Crippen LogP contribution in [0.25, 0.3) is 0 Å². The third-order valence-electron chi connectivity index (χ3n) is 5.62. The van der Waals surface area contributed by atoms with Crippen molar-refractivity contribution >= 4 is 0 Å². The van der Waals surface area contributed by atoms with Gasteiger partial charge in [-0.3, -0.25) is 0 Å². The number of hydrogen-bond donors (Lipinski definition) is 0. The molecule has 1 aliphatic rings. The first-order valence-corrected chi connectivity index (χ1v) is 9.96. The van der Waals surface area contributed by atoms with Crippen LogP contribution in [0.3, 0.4) is 0 Å². The van der Waals surface area contributed by atoms with Crippen molar-refractivity contribution in [2.75, 3.05) is 0 Å². The maximum absolute atomic E-state index is 9.82. The van der Waals surface area contributed by atoms with E-state index in [0.717, 1.165) is 43.0 Å². The second kappa shape index (κ2) is 9.77. The Kier molecular flexibility index (Phi) is 7.69. The molecule has 1 fully saturated rings. The summed E-state index contributed by atoms with van der Waals surface area (Å²) in [4.78, 5) is 8.94. The third kappa shape index (κ3) is 5.03. The summed E-state index contributed by atoms with van der Waals surface area (Å²) < 4.78 is 0. The van der Waals surface area contributed by atoms with Crippen molar-refractivity contribution in [1.29, 1.82) is 5.26 Å². The van der Waals surface area contributed by atoms with Crippen molar-refractivity contribution in [2.45, 2.75) is 96.3 Å². The van der Waals surface area contributed by atoms with Crippen LogP contribution in [-0.4, -0.2) is 9.97 Å². The summed E-state index contributed by atoms with van der Waals surface area (Å²) in [7, 11) is 0. The molecular formula is C21H33N3. The molecule has 0 amide bonds. The molecule has 1 aromatic heterocycles. The molecule has 2 rings (SSSR count). The van der Waals surface area contributed by atoms with Crippen molar-refractivity contribution in [2.24, 2.45) is 5.92 Å². The van der Waals surface area contributed by atoms with Gasteiger partial charge in [-0.1, -0.05) is 52.4 Å². The zero-order valence-electron chi connectivity index (χ0n) is 15.6.